The summed E-state index contributed by atoms with van der Waals surface area (Å²) in [6.45, 7) is 0.655. The lowest BCUT2D eigenvalue weighted by molar-refractivity contribution is -0.112. The van der Waals surface area contributed by atoms with Crippen molar-refractivity contribution in [1.82, 2.24) is 45.4 Å². The van der Waals surface area contributed by atoms with Gasteiger partial charge in [0.2, 0.25) is 23.0 Å². The Hall–Kier alpha value is -7.75. The number of halogens is 6. The fourth-order valence-electron chi connectivity index (χ4n) is 9.69. The van der Waals surface area contributed by atoms with Gasteiger partial charge < -0.3 is 47.2 Å². The van der Waals surface area contributed by atoms with Crippen LogP contribution in [0.5, 0.6) is 0 Å². The highest BCUT2D eigenvalue weighted by atomic mass is 79.9. The van der Waals surface area contributed by atoms with E-state index in [0.717, 1.165) is 32.9 Å². The minimum Gasteiger partial charge on any atom is -0.399 e. The van der Waals surface area contributed by atoms with Gasteiger partial charge in [0.1, 0.15) is 12.3 Å². The highest BCUT2D eigenvalue weighted by molar-refractivity contribution is 9.09. The minimum atomic E-state index is -1.10. The zero-order valence-corrected chi connectivity index (χ0v) is 49.0. The number of para-hydroxylation sites is 2. The highest BCUT2D eigenvalue weighted by Gasteiger charge is 2.32. The van der Waals surface area contributed by atoms with E-state index in [1.807, 2.05) is 79.9 Å². The molecule has 9 N–H and O–H groups in total. The molecule has 440 valence electrons. The number of alkyl halides is 3. The summed E-state index contributed by atoms with van der Waals surface area (Å²) in [5, 5.41) is 18.2. The Bertz CT molecular complexity index is 3590. The zero-order chi connectivity index (χ0) is 59.0. The predicted molar refractivity (Wildman–Crippen MR) is 338 cm³/mol. The summed E-state index contributed by atoms with van der Waals surface area (Å²) in [5.41, 5.74) is 12.6. The molecule has 84 heavy (non-hydrogen) atoms. The monoisotopic (exact) mass is 1270 g/mol. The number of hydrogen-bond donors (Lipinski definition) is 8. The maximum atomic E-state index is 14.8. The summed E-state index contributed by atoms with van der Waals surface area (Å²) in [4.78, 5) is 73.8. The number of nitrogens with zero attached hydrogens (tertiary/aromatic N) is 5. The first-order valence-corrected chi connectivity index (χ1v) is 28.8. The number of H-pyrrole nitrogens is 2. The molecular weight excluding hydrogens is 1200 g/mol. The Balaban J connectivity index is 0.000000217. The average Bonchev–Trinajstić information content (AvgIpc) is 3.41. The largest absolute Gasteiger partial charge is 0.399 e. The van der Waals surface area contributed by atoms with Gasteiger partial charge in [-0.05, 0) is 131 Å². The number of carbonyl (C=O) groups is 4. The number of nitrogens with one attached hydrogen (secondary N) is 7. The normalized spacial score (nSPS) is 18.4. The molecule has 4 aromatic carbocycles. The van der Waals surface area contributed by atoms with Crippen molar-refractivity contribution in [2.24, 2.45) is 0 Å². The number of likely N-dealkylation sites (N-methyl/N-ethyl adjacent to an activating group) is 1. The van der Waals surface area contributed by atoms with E-state index in [2.05, 4.69) is 72.4 Å². The first kappa shape index (κ1) is 63.8. The molecule has 2 saturated carbocycles. The third-order valence-electron chi connectivity index (χ3n) is 13.5. The Morgan fingerprint density at radius 1 is 0.655 bits per heavy atom. The molecule has 23 heteroatoms. The zero-order valence-electron chi connectivity index (χ0n) is 45.2. The molecule has 8 aromatic rings. The fourth-order valence-corrected chi connectivity index (χ4v) is 10.4. The van der Waals surface area contributed by atoms with Gasteiger partial charge >= 0.3 is 0 Å². The Morgan fingerprint density at radius 2 is 1.11 bits per heavy atom. The van der Waals surface area contributed by atoms with Crippen molar-refractivity contribution in [1.29, 1.82) is 0 Å². The number of anilines is 4. The van der Waals surface area contributed by atoms with Crippen LogP contribution in [0.1, 0.15) is 66.7 Å². The van der Waals surface area contributed by atoms with Crippen molar-refractivity contribution in [3.63, 3.8) is 0 Å². The molecule has 0 aliphatic heterocycles. The molecule has 2 fully saturated rings. The van der Waals surface area contributed by atoms with Crippen LogP contribution in [0.15, 0.2) is 146 Å². The third-order valence-corrected chi connectivity index (χ3v) is 14.5. The topological polar surface area (TPSA) is 241 Å². The lowest BCUT2D eigenvalue weighted by Gasteiger charge is -2.32. The van der Waals surface area contributed by atoms with Crippen LogP contribution in [0.2, 0.25) is 10.0 Å². The SMILES string of the molecule is C.CN(C)C/C=C/C(=O)Nc1ccc(C(=O)N[C@H]2C[C@@H](F)C[C@@H](Nc3ncc(Cl)c(-c4c[nH]c5ccccc45)n3)C2)cc1.Nc1ccc(C(=O)N[C@H]2C[C@@H](F)C[C@@H](Nc3ncc(Cl)c(-c4c[nH]c5ccccc45)n3)C2)cc1.O=C(Cl)/C=C/CBr. The van der Waals surface area contributed by atoms with E-state index >= 15 is 0 Å². The molecule has 0 saturated heterocycles. The highest BCUT2D eigenvalue weighted by Crippen LogP contribution is 2.35. The molecule has 6 atom stereocenters. The third kappa shape index (κ3) is 18.1. The molecular formula is C61H65BrCl3F2N13O4. The number of hydrogen-bond acceptors (Lipinski definition) is 12. The van der Waals surface area contributed by atoms with Crippen molar-refractivity contribution in [3.8, 4) is 22.5 Å². The number of fused-ring (bicyclic) bond motifs is 2. The van der Waals surface area contributed by atoms with Crippen LogP contribution in [0, 0.1) is 0 Å². The number of benzene rings is 4. The first-order chi connectivity index (χ1) is 40.0. The van der Waals surface area contributed by atoms with Gasteiger partial charge in [-0.3, -0.25) is 19.2 Å². The van der Waals surface area contributed by atoms with Crippen LogP contribution < -0.4 is 32.3 Å². The van der Waals surface area contributed by atoms with Gasteiger partial charge in [-0.25, -0.2) is 28.7 Å². The summed E-state index contributed by atoms with van der Waals surface area (Å²) in [7, 11) is 3.83. The van der Waals surface area contributed by atoms with Crippen LogP contribution in [0.4, 0.5) is 32.1 Å². The summed E-state index contributed by atoms with van der Waals surface area (Å²) in [6, 6.07) is 27.8. The lowest BCUT2D eigenvalue weighted by atomic mass is 9.89. The second kappa shape index (κ2) is 30.7. The van der Waals surface area contributed by atoms with E-state index in [0.29, 0.717) is 87.0 Å². The quantitative estimate of drug-likeness (QED) is 0.0195. The van der Waals surface area contributed by atoms with Crippen molar-refractivity contribution in [2.75, 3.05) is 47.7 Å². The summed E-state index contributed by atoms with van der Waals surface area (Å²) in [5.74, 6) is -0.0874. The standard InChI is InChI=1S/C31H33ClFN7O2.C25H24ClFN6O.C4H4BrClO.CH4/c1-40(2)13-5-8-28(41)36-21-11-9-19(10-12-21)30(42)37-22-14-20(33)15-23(16-22)38-31-35-18-26(32)29(39-31)25-17-34-27-7-4-3-6-24(25)27;26-21-13-30-25(33-23(21)20-12-29-22-4-2-1-3-19(20)22)32-18-10-15(27)9-17(11-18)31-24(34)14-5-7-16(28)8-6-14;5-3-1-2-4(6)7;/h3-12,17-18,20,22-23,34H,13-16H2,1-2H3,(H,36,41)(H,37,42)(H,35,38,39);1-8,12-13,15,17-18,29H,9-11,28H2,(H,31,34)(H,30,32,33);1-2H,3H2;1H4/b8-5+;;2-1+;/t20-,22+,23-;15-,17+,18-;;/m11../s1. The number of amides is 3. The van der Waals surface area contributed by atoms with Crippen molar-refractivity contribution in [2.45, 2.75) is 82.5 Å². The summed E-state index contributed by atoms with van der Waals surface area (Å²) < 4.78 is 29.3. The number of rotatable bonds is 16. The molecule has 2 aliphatic rings. The van der Waals surface area contributed by atoms with Gasteiger partial charge in [-0.15, -0.1) is 0 Å². The minimum absolute atomic E-state index is 0. The van der Waals surface area contributed by atoms with E-state index < -0.39 is 17.6 Å². The van der Waals surface area contributed by atoms with Crippen LogP contribution >= 0.6 is 50.7 Å². The van der Waals surface area contributed by atoms with E-state index in [1.54, 1.807) is 66.9 Å². The second-order valence-electron chi connectivity index (χ2n) is 20.1. The van der Waals surface area contributed by atoms with Crippen LogP contribution in [-0.2, 0) is 9.59 Å². The number of nitrogen functional groups attached to an aromatic ring is 1. The number of aromatic amines is 2. The van der Waals surface area contributed by atoms with E-state index in [1.165, 1.54) is 18.3 Å². The Labute approximate surface area is 509 Å². The molecule has 0 spiro atoms. The molecule has 10 rings (SSSR count). The van der Waals surface area contributed by atoms with Crippen molar-refractivity contribution in [3.05, 3.63) is 167 Å². The van der Waals surface area contributed by atoms with E-state index in [-0.39, 0.29) is 68.6 Å². The fraction of sp³-hybridized carbons (Fsp3) is 0.279. The molecule has 2 aliphatic carbocycles. The molecule has 17 nitrogen and oxygen atoms in total. The molecule has 4 aromatic heterocycles. The van der Waals surface area contributed by atoms with Crippen LogP contribution in [-0.4, -0.2) is 120 Å². The average molecular weight is 1270 g/mol. The molecule has 3 amide bonds. The second-order valence-corrected chi connectivity index (χ2v) is 22.0. The number of nitrogens with two attached hydrogens (primary N) is 1. The summed E-state index contributed by atoms with van der Waals surface area (Å²) >= 11 is 20.9. The van der Waals surface area contributed by atoms with E-state index in [9.17, 15) is 28.0 Å². The first-order valence-electron chi connectivity index (χ1n) is 26.6. The van der Waals surface area contributed by atoms with Gasteiger partial charge in [-0.1, -0.05) is 95.1 Å². The molecule has 4 heterocycles. The maximum Gasteiger partial charge on any atom is 0.251 e. The van der Waals surface area contributed by atoms with Crippen LogP contribution in [0.25, 0.3) is 44.3 Å². The van der Waals surface area contributed by atoms with Crippen molar-refractivity contribution >= 4 is 119 Å². The molecule has 0 unspecified atom stereocenters. The lowest BCUT2D eigenvalue weighted by Crippen LogP contribution is -2.45. The number of aromatic nitrogens is 6. The number of carbonyl (C=O) groups excluding carboxylic acids is 4. The van der Waals surface area contributed by atoms with E-state index in [4.69, 9.17) is 40.5 Å². The van der Waals surface area contributed by atoms with Gasteiger partial charge in [0, 0.05) is 110 Å². The van der Waals surface area contributed by atoms with Gasteiger partial charge in [-0.2, -0.15) is 0 Å². The molecule has 0 bridgehead atoms. The Kier molecular flexibility index (Phi) is 23.3. The molecule has 0 radical (unpaired) electrons. The smallest absolute Gasteiger partial charge is 0.251 e. The predicted octanol–water partition coefficient (Wildman–Crippen LogP) is 12.7. The van der Waals surface area contributed by atoms with Crippen LogP contribution in [0.3, 0.4) is 0 Å². The number of allylic oxidation sites excluding steroid dienone is 2. The van der Waals surface area contributed by atoms with Crippen molar-refractivity contribution < 1.29 is 28.0 Å². The Morgan fingerprint density at radius 3 is 1.55 bits per heavy atom. The summed E-state index contributed by atoms with van der Waals surface area (Å²) in [6.07, 6.45) is 13.0. The van der Waals surface area contributed by atoms with Gasteiger partial charge in [0.05, 0.1) is 33.8 Å². The van der Waals surface area contributed by atoms with Gasteiger partial charge in [0.15, 0.2) is 0 Å². The maximum absolute atomic E-state index is 14.8. The van der Waals surface area contributed by atoms with Gasteiger partial charge in [0.25, 0.3) is 11.8 Å².